The van der Waals surface area contributed by atoms with Crippen LogP contribution in [0.5, 0.6) is 0 Å². The summed E-state index contributed by atoms with van der Waals surface area (Å²) in [4.78, 5) is 5.10. The van der Waals surface area contributed by atoms with Gasteiger partial charge in [0.1, 0.15) is 0 Å². The monoisotopic (exact) mass is 245 g/mol. The van der Waals surface area contributed by atoms with Gasteiger partial charge in [0, 0.05) is 45.0 Å². The lowest BCUT2D eigenvalue weighted by Crippen LogP contribution is -2.44. The lowest BCUT2D eigenvalue weighted by Gasteiger charge is -2.35. The fourth-order valence-corrected chi connectivity index (χ4v) is 3.09. The van der Waals surface area contributed by atoms with E-state index >= 15 is 0 Å². The Bertz CT molecular complexity index is 410. The standard InChI is InChI=1S/C15H23N3/c1-2-17-9-6-13-4-3-5-15(14(13)12-17)18-10-7-16-8-11-18/h3-5,16H,2,6-12H2,1H3. The number of hydrogen-bond acceptors (Lipinski definition) is 3. The van der Waals surface area contributed by atoms with Crippen LogP contribution in [0.2, 0.25) is 0 Å². The first-order valence-corrected chi connectivity index (χ1v) is 7.17. The molecule has 1 aromatic carbocycles. The molecular weight excluding hydrogens is 222 g/mol. The van der Waals surface area contributed by atoms with Gasteiger partial charge in [-0.1, -0.05) is 19.1 Å². The first-order chi connectivity index (χ1) is 8.88. The number of nitrogens with one attached hydrogen (secondary N) is 1. The highest BCUT2D eigenvalue weighted by atomic mass is 15.2. The highest BCUT2D eigenvalue weighted by Gasteiger charge is 2.21. The molecule has 0 unspecified atom stereocenters. The van der Waals surface area contributed by atoms with Gasteiger partial charge in [-0.25, -0.2) is 0 Å². The number of benzene rings is 1. The fraction of sp³-hybridized carbons (Fsp3) is 0.600. The van der Waals surface area contributed by atoms with Crippen molar-refractivity contribution in [3.8, 4) is 0 Å². The maximum absolute atomic E-state index is 3.43. The fourth-order valence-electron chi connectivity index (χ4n) is 3.09. The van der Waals surface area contributed by atoms with Gasteiger partial charge < -0.3 is 10.2 Å². The molecule has 18 heavy (non-hydrogen) atoms. The van der Waals surface area contributed by atoms with E-state index in [0.717, 1.165) is 39.3 Å². The molecule has 1 fully saturated rings. The number of hydrogen-bond donors (Lipinski definition) is 1. The molecule has 0 radical (unpaired) electrons. The molecule has 3 heteroatoms. The second-order valence-electron chi connectivity index (χ2n) is 5.27. The molecule has 0 spiro atoms. The first kappa shape index (κ1) is 12.0. The Morgan fingerprint density at radius 1 is 1.17 bits per heavy atom. The second-order valence-corrected chi connectivity index (χ2v) is 5.27. The third kappa shape index (κ3) is 2.25. The summed E-state index contributed by atoms with van der Waals surface area (Å²) in [6, 6.07) is 6.86. The summed E-state index contributed by atoms with van der Waals surface area (Å²) in [5.41, 5.74) is 4.62. The summed E-state index contributed by atoms with van der Waals surface area (Å²) in [7, 11) is 0. The maximum Gasteiger partial charge on any atom is 0.0415 e. The number of likely N-dealkylation sites (N-methyl/N-ethyl adjacent to an activating group) is 1. The van der Waals surface area contributed by atoms with Gasteiger partial charge >= 0.3 is 0 Å². The Kier molecular flexibility index (Phi) is 3.52. The average molecular weight is 245 g/mol. The van der Waals surface area contributed by atoms with Crippen LogP contribution in [0.4, 0.5) is 5.69 Å². The van der Waals surface area contributed by atoms with Crippen molar-refractivity contribution >= 4 is 5.69 Å². The van der Waals surface area contributed by atoms with Crippen LogP contribution >= 0.6 is 0 Å². The van der Waals surface area contributed by atoms with E-state index in [2.05, 4.69) is 40.2 Å². The van der Waals surface area contributed by atoms with Crippen LogP contribution in [-0.4, -0.2) is 44.2 Å². The molecule has 1 N–H and O–H groups in total. The molecule has 98 valence electrons. The van der Waals surface area contributed by atoms with Crippen molar-refractivity contribution in [3.05, 3.63) is 29.3 Å². The normalized spacial score (nSPS) is 20.8. The van der Waals surface area contributed by atoms with E-state index in [4.69, 9.17) is 0 Å². The summed E-state index contributed by atoms with van der Waals surface area (Å²) < 4.78 is 0. The molecule has 0 bridgehead atoms. The molecule has 0 saturated carbocycles. The number of piperazine rings is 1. The van der Waals surface area contributed by atoms with Gasteiger partial charge in [-0.15, -0.1) is 0 Å². The van der Waals surface area contributed by atoms with E-state index in [-0.39, 0.29) is 0 Å². The molecule has 0 amide bonds. The van der Waals surface area contributed by atoms with E-state index in [1.165, 1.54) is 18.7 Å². The smallest absolute Gasteiger partial charge is 0.0415 e. The van der Waals surface area contributed by atoms with Crippen LogP contribution in [0.3, 0.4) is 0 Å². The summed E-state index contributed by atoms with van der Waals surface area (Å²) in [6.45, 7) is 10.3. The Hall–Kier alpha value is -1.06. The maximum atomic E-state index is 3.43. The minimum atomic E-state index is 1.11. The zero-order valence-electron chi connectivity index (χ0n) is 11.3. The van der Waals surface area contributed by atoms with Crippen LogP contribution in [0.25, 0.3) is 0 Å². The number of fused-ring (bicyclic) bond motifs is 1. The Balaban J connectivity index is 1.90. The van der Waals surface area contributed by atoms with Crippen LogP contribution in [-0.2, 0) is 13.0 Å². The summed E-state index contributed by atoms with van der Waals surface area (Å²) in [5.74, 6) is 0. The second kappa shape index (κ2) is 5.29. The zero-order chi connectivity index (χ0) is 12.4. The molecular formula is C15H23N3. The molecule has 3 rings (SSSR count). The lowest BCUT2D eigenvalue weighted by molar-refractivity contribution is 0.268. The van der Waals surface area contributed by atoms with E-state index in [9.17, 15) is 0 Å². The molecule has 0 aromatic heterocycles. The Morgan fingerprint density at radius 3 is 2.78 bits per heavy atom. The summed E-state index contributed by atoms with van der Waals surface area (Å²) in [5, 5.41) is 3.43. The molecule has 1 saturated heterocycles. The highest BCUT2D eigenvalue weighted by molar-refractivity contribution is 5.58. The van der Waals surface area contributed by atoms with Gasteiger partial charge in [0.2, 0.25) is 0 Å². The van der Waals surface area contributed by atoms with Crippen molar-refractivity contribution in [2.45, 2.75) is 19.9 Å². The minimum Gasteiger partial charge on any atom is -0.369 e. The average Bonchev–Trinajstić information content (AvgIpc) is 2.47. The molecule has 2 heterocycles. The largest absolute Gasteiger partial charge is 0.369 e. The van der Waals surface area contributed by atoms with Crippen molar-refractivity contribution < 1.29 is 0 Å². The SMILES string of the molecule is CCN1CCc2cccc(N3CCNCC3)c2C1. The number of anilines is 1. The van der Waals surface area contributed by atoms with Crippen LogP contribution in [0.1, 0.15) is 18.1 Å². The predicted octanol–water partition coefficient (Wildman–Crippen LogP) is 1.47. The molecule has 2 aliphatic heterocycles. The Morgan fingerprint density at radius 2 is 2.00 bits per heavy atom. The molecule has 2 aliphatic rings. The number of nitrogens with zero attached hydrogens (tertiary/aromatic N) is 2. The third-order valence-corrected chi connectivity index (χ3v) is 4.23. The van der Waals surface area contributed by atoms with Gasteiger partial charge in [-0.2, -0.15) is 0 Å². The number of rotatable bonds is 2. The highest BCUT2D eigenvalue weighted by Crippen LogP contribution is 2.29. The first-order valence-electron chi connectivity index (χ1n) is 7.17. The van der Waals surface area contributed by atoms with Gasteiger partial charge in [0.05, 0.1) is 0 Å². The molecule has 0 aliphatic carbocycles. The van der Waals surface area contributed by atoms with Crippen molar-refractivity contribution in [3.63, 3.8) is 0 Å². The van der Waals surface area contributed by atoms with Crippen LogP contribution < -0.4 is 10.2 Å². The van der Waals surface area contributed by atoms with Crippen molar-refractivity contribution in [1.29, 1.82) is 0 Å². The summed E-state index contributed by atoms with van der Waals surface area (Å²) >= 11 is 0. The molecule has 3 nitrogen and oxygen atoms in total. The van der Waals surface area contributed by atoms with Gasteiger partial charge in [0.25, 0.3) is 0 Å². The van der Waals surface area contributed by atoms with Gasteiger partial charge in [0.15, 0.2) is 0 Å². The topological polar surface area (TPSA) is 18.5 Å². The third-order valence-electron chi connectivity index (χ3n) is 4.23. The van der Waals surface area contributed by atoms with Gasteiger partial charge in [-0.05, 0) is 30.2 Å². The molecule has 1 aromatic rings. The zero-order valence-corrected chi connectivity index (χ0v) is 11.3. The predicted molar refractivity (Wildman–Crippen MR) is 76.2 cm³/mol. The van der Waals surface area contributed by atoms with Crippen LogP contribution in [0, 0.1) is 0 Å². The summed E-state index contributed by atoms with van der Waals surface area (Å²) in [6.07, 6.45) is 1.21. The van der Waals surface area contributed by atoms with Crippen molar-refractivity contribution in [2.75, 3.05) is 44.2 Å². The van der Waals surface area contributed by atoms with E-state index in [0.29, 0.717) is 0 Å². The van der Waals surface area contributed by atoms with Crippen molar-refractivity contribution in [1.82, 2.24) is 10.2 Å². The quantitative estimate of drug-likeness (QED) is 0.851. The van der Waals surface area contributed by atoms with E-state index in [1.54, 1.807) is 11.1 Å². The van der Waals surface area contributed by atoms with Crippen molar-refractivity contribution in [2.24, 2.45) is 0 Å². The lowest BCUT2D eigenvalue weighted by atomic mass is 9.97. The van der Waals surface area contributed by atoms with E-state index in [1.807, 2.05) is 0 Å². The van der Waals surface area contributed by atoms with Gasteiger partial charge in [-0.3, -0.25) is 4.90 Å². The Labute approximate surface area is 110 Å². The van der Waals surface area contributed by atoms with E-state index < -0.39 is 0 Å². The minimum absolute atomic E-state index is 1.11. The molecule has 0 atom stereocenters. The van der Waals surface area contributed by atoms with Crippen LogP contribution in [0.15, 0.2) is 18.2 Å².